The van der Waals surface area contributed by atoms with Crippen molar-refractivity contribution in [3.63, 3.8) is 0 Å². The second-order valence-electron chi connectivity index (χ2n) is 7.38. The molecule has 1 amide bonds. The van der Waals surface area contributed by atoms with Crippen LogP contribution in [0, 0.1) is 0 Å². The van der Waals surface area contributed by atoms with E-state index in [1.165, 1.54) is 11.1 Å². The predicted octanol–water partition coefficient (Wildman–Crippen LogP) is 4.01. The Balaban J connectivity index is 1.55. The van der Waals surface area contributed by atoms with Crippen LogP contribution in [0.2, 0.25) is 0 Å². The van der Waals surface area contributed by atoms with Gasteiger partial charge in [0.1, 0.15) is 5.54 Å². The quantitative estimate of drug-likeness (QED) is 0.843. The average Bonchev–Trinajstić information content (AvgIpc) is 3.21. The van der Waals surface area contributed by atoms with Gasteiger partial charge in [-0.3, -0.25) is 9.69 Å². The topological polar surface area (TPSA) is 23.6 Å². The van der Waals surface area contributed by atoms with E-state index in [4.69, 9.17) is 0 Å². The Morgan fingerprint density at radius 1 is 0.960 bits per heavy atom. The zero-order valence-electron chi connectivity index (χ0n) is 14.9. The minimum atomic E-state index is -0.279. The first-order chi connectivity index (χ1) is 12.2. The lowest BCUT2D eigenvalue weighted by Gasteiger charge is -2.34. The SMILES string of the molecule is C[C@H](c1ccccc1)N1CCC2(CCCN2Cc2ccccc2)C1=O. The van der Waals surface area contributed by atoms with Crippen molar-refractivity contribution < 1.29 is 4.79 Å². The van der Waals surface area contributed by atoms with Crippen molar-refractivity contribution in [3.05, 3.63) is 71.8 Å². The second kappa shape index (κ2) is 6.64. The van der Waals surface area contributed by atoms with Crippen LogP contribution in [0.3, 0.4) is 0 Å². The number of carbonyl (C=O) groups excluding carboxylic acids is 1. The van der Waals surface area contributed by atoms with Crippen LogP contribution in [-0.2, 0) is 11.3 Å². The van der Waals surface area contributed by atoms with Gasteiger partial charge in [0.15, 0.2) is 0 Å². The third-order valence-corrected chi connectivity index (χ3v) is 6.01. The van der Waals surface area contributed by atoms with E-state index < -0.39 is 0 Å². The third-order valence-electron chi connectivity index (χ3n) is 6.01. The highest BCUT2D eigenvalue weighted by atomic mass is 16.2. The molecule has 1 spiro atoms. The Morgan fingerprint density at radius 3 is 2.36 bits per heavy atom. The fourth-order valence-electron chi connectivity index (χ4n) is 4.56. The summed E-state index contributed by atoms with van der Waals surface area (Å²) < 4.78 is 0. The van der Waals surface area contributed by atoms with Gasteiger partial charge in [0.05, 0.1) is 6.04 Å². The van der Waals surface area contributed by atoms with Crippen LogP contribution in [-0.4, -0.2) is 34.3 Å². The monoisotopic (exact) mass is 334 g/mol. The van der Waals surface area contributed by atoms with Crippen molar-refractivity contribution in [1.82, 2.24) is 9.80 Å². The molecule has 0 aliphatic carbocycles. The average molecular weight is 334 g/mol. The van der Waals surface area contributed by atoms with Gasteiger partial charge in [0.2, 0.25) is 5.91 Å². The minimum absolute atomic E-state index is 0.146. The number of rotatable bonds is 4. The molecule has 2 aromatic rings. The van der Waals surface area contributed by atoms with Crippen LogP contribution in [0.4, 0.5) is 0 Å². The maximum atomic E-state index is 13.4. The van der Waals surface area contributed by atoms with Crippen LogP contribution in [0.5, 0.6) is 0 Å². The number of hydrogen-bond acceptors (Lipinski definition) is 2. The smallest absolute Gasteiger partial charge is 0.243 e. The second-order valence-corrected chi connectivity index (χ2v) is 7.38. The van der Waals surface area contributed by atoms with E-state index in [0.717, 1.165) is 38.9 Å². The number of nitrogens with zero attached hydrogens (tertiary/aromatic N) is 2. The maximum absolute atomic E-state index is 13.4. The van der Waals surface area contributed by atoms with Gasteiger partial charge in [-0.1, -0.05) is 60.7 Å². The molecule has 2 aromatic carbocycles. The third kappa shape index (κ3) is 2.87. The summed E-state index contributed by atoms with van der Waals surface area (Å²) in [5.41, 5.74) is 2.24. The van der Waals surface area contributed by atoms with E-state index in [2.05, 4.69) is 65.3 Å². The van der Waals surface area contributed by atoms with Crippen molar-refractivity contribution in [2.24, 2.45) is 0 Å². The molecule has 0 aromatic heterocycles. The fourth-order valence-corrected chi connectivity index (χ4v) is 4.56. The van der Waals surface area contributed by atoms with Gasteiger partial charge in [0, 0.05) is 13.1 Å². The first-order valence-electron chi connectivity index (χ1n) is 9.36. The van der Waals surface area contributed by atoms with E-state index >= 15 is 0 Å². The molecule has 0 N–H and O–H groups in total. The van der Waals surface area contributed by atoms with Gasteiger partial charge in [-0.25, -0.2) is 0 Å². The molecule has 2 aliphatic heterocycles. The molecule has 1 unspecified atom stereocenters. The van der Waals surface area contributed by atoms with Gasteiger partial charge >= 0.3 is 0 Å². The van der Waals surface area contributed by atoms with E-state index in [1.54, 1.807) is 0 Å². The van der Waals surface area contributed by atoms with Gasteiger partial charge in [0.25, 0.3) is 0 Å². The zero-order chi connectivity index (χ0) is 17.3. The van der Waals surface area contributed by atoms with Crippen molar-refractivity contribution in [2.45, 2.75) is 44.3 Å². The molecule has 0 saturated carbocycles. The number of amides is 1. The van der Waals surface area contributed by atoms with Gasteiger partial charge in [-0.15, -0.1) is 0 Å². The number of carbonyl (C=O) groups is 1. The normalized spacial score (nSPS) is 25.0. The molecular formula is C22H26N2O. The molecular weight excluding hydrogens is 308 g/mol. The van der Waals surface area contributed by atoms with Crippen molar-refractivity contribution >= 4 is 5.91 Å². The van der Waals surface area contributed by atoms with Crippen LogP contribution in [0.25, 0.3) is 0 Å². The number of likely N-dealkylation sites (tertiary alicyclic amines) is 2. The largest absolute Gasteiger partial charge is 0.334 e. The van der Waals surface area contributed by atoms with Crippen LogP contribution < -0.4 is 0 Å². The number of benzene rings is 2. The minimum Gasteiger partial charge on any atom is -0.334 e. The highest BCUT2D eigenvalue weighted by Gasteiger charge is 2.53. The van der Waals surface area contributed by atoms with E-state index in [0.29, 0.717) is 5.91 Å². The summed E-state index contributed by atoms with van der Waals surface area (Å²) in [7, 11) is 0. The van der Waals surface area contributed by atoms with Gasteiger partial charge in [-0.2, -0.15) is 0 Å². The molecule has 4 rings (SSSR count). The fraction of sp³-hybridized carbons (Fsp3) is 0.409. The van der Waals surface area contributed by atoms with Gasteiger partial charge in [-0.05, 0) is 43.9 Å². The van der Waals surface area contributed by atoms with Gasteiger partial charge < -0.3 is 4.90 Å². The Morgan fingerprint density at radius 2 is 1.64 bits per heavy atom. The summed E-state index contributed by atoms with van der Waals surface area (Å²) in [6.45, 7) is 4.91. The lowest BCUT2D eigenvalue weighted by Crippen LogP contribution is -2.50. The molecule has 0 bridgehead atoms. The summed E-state index contributed by atoms with van der Waals surface area (Å²) in [5.74, 6) is 0.331. The summed E-state index contributed by atoms with van der Waals surface area (Å²) >= 11 is 0. The summed E-state index contributed by atoms with van der Waals surface area (Å²) in [4.78, 5) is 18.0. The zero-order valence-corrected chi connectivity index (χ0v) is 14.9. The molecule has 25 heavy (non-hydrogen) atoms. The Hall–Kier alpha value is -2.13. The molecule has 2 aliphatic rings. The lowest BCUT2D eigenvalue weighted by molar-refractivity contribution is -0.138. The lowest BCUT2D eigenvalue weighted by atomic mass is 9.93. The number of hydrogen-bond donors (Lipinski definition) is 0. The molecule has 2 heterocycles. The molecule has 0 radical (unpaired) electrons. The summed E-state index contributed by atoms with van der Waals surface area (Å²) in [5, 5.41) is 0. The molecule has 2 fully saturated rings. The molecule has 3 heteroatoms. The maximum Gasteiger partial charge on any atom is 0.243 e. The molecule has 130 valence electrons. The Kier molecular flexibility index (Phi) is 4.34. The van der Waals surface area contributed by atoms with Crippen LogP contribution >= 0.6 is 0 Å². The van der Waals surface area contributed by atoms with Crippen molar-refractivity contribution in [2.75, 3.05) is 13.1 Å². The Bertz CT molecular complexity index is 730. The highest BCUT2D eigenvalue weighted by molar-refractivity contribution is 5.89. The van der Waals surface area contributed by atoms with Crippen molar-refractivity contribution in [3.8, 4) is 0 Å². The van der Waals surface area contributed by atoms with Crippen LogP contribution in [0.1, 0.15) is 43.4 Å². The van der Waals surface area contributed by atoms with E-state index in [-0.39, 0.29) is 11.6 Å². The first-order valence-corrected chi connectivity index (χ1v) is 9.36. The van der Waals surface area contributed by atoms with Crippen molar-refractivity contribution in [1.29, 1.82) is 0 Å². The summed E-state index contributed by atoms with van der Waals surface area (Å²) in [6.07, 6.45) is 3.07. The Labute approximate surface area is 150 Å². The summed E-state index contributed by atoms with van der Waals surface area (Å²) in [6, 6.07) is 21.1. The highest BCUT2D eigenvalue weighted by Crippen LogP contribution is 2.42. The van der Waals surface area contributed by atoms with E-state index in [9.17, 15) is 4.79 Å². The van der Waals surface area contributed by atoms with Crippen LogP contribution in [0.15, 0.2) is 60.7 Å². The standard InChI is InChI=1S/C22H26N2O/c1-18(20-11-6-3-7-12-20)24-16-14-22(21(24)25)13-8-15-23(22)17-19-9-4-2-5-10-19/h2-7,9-12,18H,8,13-17H2,1H3/t18-,22?/m1/s1. The first kappa shape index (κ1) is 16.3. The predicted molar refractivity (Wildman–Crippen MR) is 100 cm³/mol. The molecule has 3 nitrogen and oxygen atoms in total. The molecule has 2 saturated heterocycles. The van der Waals surface area contributed by atoms with E-state index in [1.807, 2.05) is 12.1 Å². The molecule has 2 atom stereocenters.